The van der Waals surface area contributed by atoms with Gasteiger partial charge in [-0.05, 0) is 37.5 Å². The molecule has 0 saturated heterocycles. The Balaban J connectivity index is 2.04. The molecule has 0 aliphatic heterocycles. The third-order valence-electron chi connectivity index (χ3n) is 4.87. The molecule has 2 saturated carbocycles. The van der Waals surface area contributed by atoms with Crippen LogP contribution in [-0.4, -0.2) is 11.6 Å². The van der Waals surface area contributed by atoms with Crippen molar-refractivity contribution < 1.29 is 0 Å². The Bertz CT molecular complexity index is 288. The largest absolute Gasteiger partial charge is 0.296 e. The summed E-state index contributed by atoms with van der Waals surface area (Å²) >= 11 is 0. The quantitative estimate of drug-likeness (QED) is 0.792. The molecule has 0 amide bonds. The highest BCUT2D eigenvalue weighted by Gasteiger charge is 2.42. The summed E-state index contributed by atoms with van der Waals surface area (Å²) in [6.45, 7) is 4.55. The van der Waals surface area contributed by atoms with Gasteiger partial charge in [-0.1, -0.05) is 39.5 Å². The number of nitriles is 1. The van der Waals surface area contributed by atoms with E-state index < -0.39 is 0 Å². The van der Waals surface area contributed by atoms with E-state index in [4.69, 9.17) is 0 Å². The minimum Gasteiger partial charge on any atom is -0.296 e. The van der Waals surface area contributed by atoms with Crippen LogP contribution in [0.1, 0.15) is 65.2 Å². The summed E-state index contributed by atoms with van der Waals surface area (Å²) in [4.78, 5) is 0. The van der Waals surface area contributed by atoms with Gasteiger partial charge < -0.3 is 0 Å². The summed E-state index contributed by atoms with van der Waals surface area (Å²) in [6.07, 6.45) is 10.1. The highest BCUT2D eigenvalue weighted by Crippen LogP contribution is 2.37. The van der Waals surface area contributed by atoms with Crippen LogP contribution < -0.4 is 5.32 Å². The molecule has 3 unspecified atom stereocenters. The molecular formula is C15H26N2. The number of hydrogen-bond acceptors (Lipinski definition) is 2. The van der Waals surface area contributed by atoms with E-state index in [2.05, 4.69) is 25.2 Å². The lowest BCUT2D eigenvalue weighted by Gasteiger charge is -2.43. The third-order valence-corrected chi connectivity index (χ3v) is 4.87. The van der Waals surface area contributed by atoms with Crippen LogP contribution in [-0.2, 0) is 0 Å². The van der Waals surface area contributed by atoms with Crippen molar-refractivity contribution in [2.75, 3.05) is 0 Å². The van der Waals surface area contributed by atoms with Crippen LogP contribution in [0.25, 0.3) is 0 Å². The highest BCUT2D eigenvalue weighted by atomic mass is 15.0. The molecule has 0 aromatic heterocycles. The second-order valence-corrected chi connectivity index (χ2v) is 6.35. The molecule has 0 bridgehead atoms. The van der Waals surface area contributed by atoms with Gasteiger partial charge in [0.1, 0.15) is 5.54 Å². The molecule has 2 aliphatic carbocycles. The third kappa shape index (κ3) is 2.83. The van der Waals surface area contributed by atoms with Crippen LogP contribution in [0.15, 0.2) is 0 Å². The fraction of sp³-hybridized carbons (Fsp3) is 0.933. The lowest BCUT2D eigenvalue weighted by Crippen LogP contribution is -2.56. The normalized spacial score (nSPS) is 39.8. The van der Waals surface area contributed by atoms with Gasteiger partial charge in [0.25, 0.3) is 0 Å². The first-order valence-corrected chi connectivity index (χ1v) is 7.35. The Labute approximate surface area is 106 Å². The maximum atomic E-state index is 9.65. The van der Waals surface area contributed by atoms with Gasteiger partial charge >= 0.3 is 0 Å². The Morgan fingerprint density at radius 1 is 1.06 bits per heavy atom. The van der Waals surface area contributed by atoms with Gasteiger partial charge in [0.05, 0.1) is 6.07 Å². The summed E-state index contributed by atoms with van der Waals surface area (Å²) in [5, 5.41) is 13.4. The molecule has 0 spiro atoms. The van der Waals surface area contributed by atoms with Crippen LogP contribution in [0, 0.1) is 23.2 Å². The summed E-state index contributed by atoms with van der Waals surface area (Å²) in [5.74, 6) is 1.20. The molecule has 2 rings (SSSR count). The SMILES string of the molecule is CC1CCC(C)C(C#N)(NC2CCCCC2)C1. The van der Waals surface area contributed by atoms with E-state index in [1.807, 2.05) is 0 Å². The van der Waals surface area contributed by atoms with E-state index in [0.29, 0.717) is 17.9 Å². The molecule has 0 radical (unpaired) electrons. The minimum absolute atomic E-state index is 0.236. The lowest BCUT2D eigenvalue weighted by molar-refractivity contribution is 0.144. The maximum Gasteiger partial charge on any atom is 0.109 e. The smallest absolute Gasteiger partial charge is 0.109 e. The molecule has 1 N–H and O–H groups in total. The number of nitrogens with zero attached hydrogens (tertiary/aromatic N) is 1. The molecule has 2 heteroatoms. The van der Waals surface area contributed by atoms with Crippen molar-refractivity contribution in [3.8, 4) is 6.07 Å². The van der Waals surface area contributed by atoms with Crippen molar-refractivity contribution in [1.82, 2.24) is 5.32 Å². The second-order valence-electron chi connectivity index (χ2n) is 6.35. The van der Waals surface area contributed by atoms with Crippen molar-refractivity contribution >= 4 is 0 Å². The van der Waals surface area contributed by atoms with E-state index in [-0.39, 0.29) is 5.54 Å². The van der Waals surface area contributed by atoms with Crippen LogP contribution in [0.4, 0.5) is 0 Å². The lowest BCUT2D eigenvalue weighted by atomic mass is 9.70. The standard InChI is InChI=1S/C15H26N2/c1-12-8-9-13(2)15(10-12,11-16)17-14-6-4-3-5-7-14/h12-14,17H,3-10H2,1-2H3. The molecule has 0 aromatic rings. The fourth-order valence-corrected chi connectivity index (χ4v) is 3.63. The molecular weight excluding hydrogens is 208 g/mol. The van der Waals surface area contributed by atoms with Gasteiger partial charge in [0, 0.05) is 6.04 Å². The van der Waals surface area contributed by atoms with E-state index in [9.17, 15) is 5.26 Å². The van der Waals surface area contributed by atoms with Gasteiger partial charge in [-0.3, -0.25) is 5.32 Å². The highest BCUT2D eigenvalue weighted by molar-refractivity contribution is 5.13. The van der Waals surface area contributed by atoms with Crippen molar-refractivity contribution in [2.45, 2.75) is 76.8 Å². The second kappa shape index (κ2) is 5.40. The number of rotatable bonds is 2. The van der Waals surface area contributed by atoms with Crippen molar-refractivity contribution in [1.29, 1.82) is 5.26 Å². The molecule has 2 fully saturated rings. The van der Waals surface area contributed by atoms with Crippen LogP contribution in [0.2, 0.25) is 0 Å². The monoisotopic (exact) mass is 234 g/mol. The number of nitrogens with one attached hydrogen (secondary N) is 1. The number of hydrogen-bond donors (Lipinski definition) is 1. The van der Waals surface area contributed by atoms with E-state index in [1.165, 1.54) is 44.9 Å². The topological polar surface area (TPSA) is 35.8 Å². The first kappa shape index (κ1) is 12.9. The molecule has 3 atom stereocenters. The first-order valence-electron chi connectivity index (χ1n) is 7.35. The molecule has 2 aliphatic rings. The van der Waals surface area contributed by atoms with Crippen molar-refractivity contribution in [3.63, 3.8) is 0 Å². The Kier molecular flexibility index (Phi) is 4.09. The Morgan fingerprint density at radius 3 is 2.41 bits per heavy atom. The van der Waals surface area contributed by atoms with Crippen molar-refractivity contribution in [3.05, 3.63) is 0 Å². The van der Waals surface area contributed by atoms with Gasteiger partial charge in [-0.2, -0.15) is 5.26 Å². The average molecular weight is 234 g/mol. The minimum atomic E-state index is -0.236. The van der Waals surface area contributed by atoms with Crippen LogP contribution in [0.5, 0.6) is 0 Å². The predicted molar refractivity (Wildman–Crippen MR) is 70.5 cm³/mol. The molecule has 0 heterocycles. The predicted octanol–water partition coefficient (Wildman–Crippen LogP) is 3.63. The zero-order valence-electron chi connectivity index (χ0n) is 11.3. The van der Waals surface area contributed by atoms with Gasteiger partial charge in [-0.25, -0.2) is 0 Å². The van der Waals surface area contributed by atoms with Gasteiger partial charge in [-0.15, -0.1) is 0 Å². The summed E-state index contributed by atoms with van der Waals surface area (Å²) in [7, 11) is 0. The first-order chi connectivity index (χ1) is 8.16. The van der Waals surface area contributed by atoms with Crippen LogP contribution in [0.3, 0.4) is 0 Å². The van der Waals surface area contributed by atoms with Crippen LogP contribution >= 0.6 is 0 Å². The average Bonchev–Trinajstić information content (AvgIpc) is 2.35. The van der Waals surface area contributed by atoms with E-state index in [0.717, 1.165) is 6.42 Å². The Hall–Kier alpha value is -0.550. The summed E-state index contributed by atoms with van der Waals surface area (Å²) in [6, 6.07) is 3.23. The fourth-order valence-electron chi connectivity index (χ4n) is 3.63. The zero-order chi connectivity index (χ0) is 12.3. The van der Waals surface area contributed by atoms with Crippen molar-refractivity contribution in [2.24, 2.45) is 11.8 Å². The summed E-state index contributed by atoms with van der Waals surface area (Å²) in [5.41, 5.74) is -0.236. The molecule has 17 heavy (non-hydrogen) atoms. The van der Waals surface area contributed by atoms with E-state index >= 15 is 0 Å². The zero-order valence-corrected chi connectivity index (χ0v) is 11.3. The van der Waals surface area contributed by atoms with Gasteiger partial charge in [0.15, 0.2) is 0 Å². The maximum absolute atomic E-state index is 9.65. The molecule has 96 valence electrons. The Morgan fingerprint density at radius 2 is 1.76 bits per heavy atom. The molecule has 2 nitrogen and oxygen atoms in total. The van der Waals surface area contributed by atoms with E-state index in [1.54, 1.807) is 0 Å². The molecule has 0 aromatic carbocycles. The van der Waals surface area contributed by atoms with Gasteiger partial charge in [0.2, 0.25) is 0 Å². The summed E-state index contributed by atoms with van der Waals surface area (Å²) < 4.78 is 0.